The maximum absolute atomic E-state index is 5.71. The van der Waals surface area contributed by atoms with E-state index in [4.69, 9.17) is 11.6 Å². The molecule has 0 atom stereocenters. The van der Waals surface area contributed by atoms with E-state index < -0.39 is 0 Å². The lowest BCUT2D eigenvalue weighted by Gasteiger charge is -1.93. The molecule has 9 heavy (non-hydrogen) atoms. The molecule has 0 heterocycles. The van der Waals surface area contributed by atoms with Crippen LogP contribution in [0.4, 0.5) is 0 Å². The third kappa shape index (κ3) is 4.04. The van der Waals surface area contributed by atoms with Gasteiger partial charge in [-0.3, -0.25) is 0 Å². The Balaban J connectivity index is 4.17. The Kier molecular flexibility index (Phi) is 3.33. The SMILES string of the molecule is C=C(C)C=C(Cl)C(=C)C. The van der Waals surface area contributed by atoms with Crippen LogP contribution in [0.15, 0.2) is 35.4 Å². The molecule has 0 bridgehead atoms. The normalized spacial score (nSPS) is 11.2. The summed E-state index contributed by atoms with van der Waals surface area (Å²) in [6.07, 6.45) is 1.80. The van der Waals surface area contributed by atoms with Gasteiger partial charge in [0, 0.05) is 5.03 Å². The van der Waals surface area contributed by atoms with Crippen molar-refractivity contribution >= 4 is 11.6 Å². The van der Waals surface area contributed by atoms with Crippen LogP contribution in [0.3, 0.4) is 0 Å². The molecule has 0 aromatic carbocycles. The molecule has 0 spiro atoms. The first-order valence-corrected chi connectivity index (χ1v) is 3.10. The highest BCUT2D eigenvalue weighted by Crippen LogP contribution is 2.13. The van der Waals surface area contributed by atoms with Crippen LogP contribution < -0.4 is 0 Å². The van der Waals surface area contributed by atoms with Crippen LogP contribution in [-0.2, 0) is 0 Å². The molecule has 0 amide bonds. The van der Waals surface area contributed by atoms with Gasteiger partial charge in [-0.25, -0.2) is 0 Å². The van der Waals surface area contributed by atoms with Crippen molar-refractivity contribution in [2.45, 2.75) is 13.8 Å². The summed E-state index contributed by atoms with van der Waals surface area (Å²) in [4.78, 5) is 0. The molecule has 0 unspecified atom stereocenters. The second-order valence-electron chi connectivity index (χ2n) is 2.12. The van der Waals surface area contributed by atoms with Crippen LogP contribution in [0, 0.1) is 0 Å². The zero-order chi connectivity index (χ0) is 7.44. The van der Waals surface area contributed by atoms with Crippen LogP contribution in [0.2, 0.25) is 0 Å². The summed E-state index contributed by atoms with van der Waals surface area (Å²) < 4.78 is 0. The molecule has 0 radical (unpaired) electrons. The monoisotopic (exact) mass is 142 g/mol. The number of hydrogen-bond acceptors (Lipinski definition) is 0. The van der Waals surface area contributed by atoms with Crippen molar-refractivity contribution in [3.8, 4) is 0 Å². The minimum Gasteiger partial charge on any atom is -0.0961 e. The van der Waals surface area contributed by atoms with E-state index >= 15 is 0 Å². The molecular weight excluding hydrogens is 132 g/mol. The van der Waals surface area contributed by atoms with E-state index in [9.17, 15) is 0 Å². The maximum Gasteiger partial charge on any atom is 0.0431 e. The topological polar surface area (TPSA) is 0 Å². The van der Waals surface area contributed by atoms with E-state index in [1.807, 2.05) is 13.8 Å². The van der Waals surface area contributed by atoms with Gasteiger partial charge in [-0.2, -0.15) is 0 Å². The molecular formula is C8H11Cl. The molecule has 0 aromatic heterocycles. The summed E-state index contributed by atoms with van der Waals surface area (Å²) in [5, 5.41) is 0.683. The van der Waals surface area contributed by atoms with Crippen LogP contribution in [0.25, 0.3) is 0 Å². The standard InChI is InChI=1S/C8H11Cl/c1-6(2)5-8(9)7(3)4/h5H,1,3H2,2,4H3. The fourth-order valence-corrected chi connectivity index (χ4v) is 0.526. The van der Waals surface area contributed by atoms with Crippen molar-refractivity contribution in [3.05, 3.63) is 35.4 Å². The number of rotatable bonds is 2. The van der Waals surface area contributed by atoms with Gasteiger partial charge < -0.3 is 0 Å². The summed E-state index contributed by atoms with van der Waals surface area (Å²) >= 11 is 5.71. The van der Waals surface area contributed by atoms with Crippen molar-refractivity contribution in [2.75, 3.05) is 0 Å². The fourth-order valence-electron chi connectivity index (χ4n) is 0.340. The number of allylic oxidation sites excluding steroid dienone is 4. The summed E-state index contributed by atoms with van der Waals surface area (Å²) in [5.74, 6) is 0. The van der Waals surface area contributed by atoms with Crippen LogP contribution in [-0.4, -0.2) is 0 Å². The summed E-state index contributed by atoms with van der Waals surface area (Å²) in [5.41, 5.74) is 1.82. The van der Waals surface area contributed by atoms with E-state index in [2.05, 4.69) is 13.2 Å². The Morgan fingerprint density at radius 3 is 1.89 bits per heavy atom. The molecule has 0 aliphatic heterocycles. The minimum absolute atomic E-state index is 0.683. The molecule has 0 rings (SSSR count). The zero-order valence-electron chi connectivity index (χ0n) is 5.87. The second-order valence-corrected chi connectivity index (χ2v) is 2.53. The highest BCUT2D eigenvalue weighted by molar-refractivity contribution is 6.32. The van der Waals surface area contributed by atoms with Gasteiger partial charge in [0.2, 0.25) is 0 Å². The first kappa shape index (κ1) is 8.51. The molecule has 0 aliphatic carbocycles. The molecule has 0 aromatic rings. The van der Waals surface area contributed by atoms with Gasteiger partial charge in [0.25, 0.3) is 0 Å². The Labute approximate surface area is 61.5 Å². The third-order valence-corrected chi connectivity index (χ3v) is 1.21. The molecule has 50 valence electrons. The Morgan fingerprint density at radius 2 is 1.78 bits per heavy atom. The first-order chi connectivity index (χ1) is 4.04. The summed E-state index contributed by atoms with van der Waals surface area (Å²) in [6.45, 7) is 11.1. The van der Waals surface area contributed by atoms with Gasteiger partial charge >= 0.3 is 0 Å². The molecule has 1 heteroatoms. The molecule has 0 N–H and O–H groups in total. The molecule has 0 nitrogen and oxygen atoms in total. The van der Waals surface area contributed by atoms with Crippen molar-refractivity contribution < 1.29 is 0 Å². The largest absolute Gasteiger partial charge is 0.0961 e. The Bertz CT molecular complexity index is 163. The minimum atomic E-state index is 0.683. The van der Waals surface area contributed by atoms with Crippen molar-refractivity contribution in [2.24, 2.45) is 0 Å². The van der Waals surface area contributed by atoms with Crippen LogP contribution in [0.1, 0.15) is 13.8 Å². The summed E-state index contributed by atoms with van der Waals surface area (Å²) in [7, 11) is 0. The number of hydrogen-bond donors (Lipinski definition) is 0. The summed E-state index contributed by atoms with van der Waals surface area (Å²) in [6, 6.07) is 0. The second kappa shape index (κ2) is 3.52. The van der Waals surface area contributed by atoms with Crippen LogP contribution >= 0.6 is 11.6 Å². The van der Waals surface area contributed by atoms with Crippen molar-refractivity contribution in [1.29, 1.82) is 0 Å². The number of halogens is 1. The van der Waals surface area contributed by atoms with Crippen LogP contribution in [0.5, 0.6) is 0 Å². The molecule has 0 saturated carbocycles. The van der Waals surface area contributed by atoms with E-state index in [0.29, 0.717) is 5.03 Å². The Morgan fingerprint density at radius 1 is 1.33 bits per heavy atom. The van der Waals surface area contributed by atoms with Gasteiger partial charge in [-0.15, -0.1) is 0 Å². The van der Waals surface area contributed by atoms with Gasteiger partial charge in [0.15, 0.2) is 0 Å². The van der Waals surface area contributed by atoms with Crippen molar-refractivity contribution in [1.82, 2.24) is 0 Å². The highest BCUT2D eigenvalue weighted by Gasteiger charge is 1.89. The lowest BCUT2D eigenvalue weighted by molar-refractivity contribution is 1.47. The lowest BCUT2D eigenvalue weighted by Crippen LogP contribution is -1.72. The van der Waals surface area contributed by atoms with E-state index in [0.717, 1.165) is 11.1 Å². The maximum atomic E-state index is 5.71. The molecule has 0 aliphatic rings. The predicted octanol–water partition coefficient (Wildman–Crippen LogP) is 3.26. The van der Waals surface area contributed by atoms with Gasteiger partial charge in [0.05, 0.1) is 0 Å². The Hall–Kier alpha value is -0.490. The smallest absolute Gasteiger partial charge is 0.0431 e. The highest BCUT2D eigenvalue weighted by atomic mass is 35.5. The van der Waals surface area contributed by atoms with E-state index in [1.54, 1.807) is 6.08 Å². The van der Waals surface area contributed by atoms with Gasteiger partial charge in [0.1, 0.15) is 0 Å². The van der Waals surface area contributed by atoms with E-state index in [1.165, 1.54) is 0 Å². The zero-order valence-corrected chi connectivity index (χ0v) is 6.63. The van der Waals surface area contributed by atoms with Gasteiger partial charge in [-0.05, 0) is 25.5 Å². The quantitative estimate of drug-likeness (QED) is 0.520. The van der Waals surface area contributed by atoms with Gasteiger partial charge in [-0.1, -0.05) is 30.3 Å². The van der Waals surface area contributed by atoms with E-state index in [-0.39, 0.29) is 0 Å². The molecule has 0 saturated heterocycles. The van der Waals surface area contributed by atoms with Crippen molar-refractivity contribution in [3.63, 3.8) is 0 Å². The average Bonchev–Trinajstić information content (AvgIpc) is 1.63. The molecule has 0 fully saturated rings. The fraction of sp³-hybridized carbons (Fsp3) is 0.250. The predicted molar refractivity (Wildman–Crippen MR) is 43.6 cm³/mol. The lowest BCUT2D eigenvalue weighted by atomic mass is 10.2. The average molecular weight is 143 g/mol. The third-order valence-electron chi connectivity index (χ3n) is 0.781. The first-order valence-electron chi connectivity index (χ1n) is 2.72.